The molecule has 0 unspecified atom stereocenters. The maximum Gasteiger partial charge on any atom is 0.329 e. The molecule has 0 spiro atoms. The molecular formula is C4H5NO3. The summed E-state index contributed by atoms with van der Waals surface area (Å²) in [6.07, 6.45) is 1.14. The van der Waals surface area contributed by atoms with Crippen molar-refractivity contribution in [2.24, 2.45) is 4.99 Å². The van der Waals surface area contributed by atoms with Crippen LogP contribution in [0.1, 0.15) is 6.92 Å². The number of carboxylic acid groups (broad SMARTS) is 1. The van der Waals surface area contributed by atoms with Crippen molar-refractivity contribution in [3.05, 3.63) is 0 Å². The molecule has 1 N–H and O–H groups in total. The van der Waals surface area contributed by atoms with E-state index in [-0.39, 0.29) is 0 Å². The first-order chi connectivity index (χ1) is 3.68. The molecule has 0 rings (SSSR count). The van der Waals surface area contributed by atoms with E-state index in [2.05, 4.69) is 4.99 Å². The predicted molar refractivity (Wildman–Crippen MR) is 25.2 cm³/mol. The largest absolute Gasteiger partial charge is 0.480 e. The number of rotatable bonds is 2. The van der Waals surface area contributed by atoms with Crippen LogP contribution in [0.5, 0.6) is 0 Å². The van der Waals surface area contributed by atoms with Gasteiger partial charge in [-0.3, -0.25) is 0 Å². The highest BCUT2D eigenvalue weighted by atomic mass is 16.4. The van der Waals surface area contributed by atoms with Crippen LogP contribution in [0, 0.1) is 0 Å². The van der Waals surface area contributed by atoms with Crippen LogP contribution in [0.3, 0.4) is 0 Å². The first-order valence-electron chi connectivity index (χ1n) is 1.98. The minimum absolute atomic E-state index is 0.965. The predicted octanol–water partition coefficient (Wildman–Crippen LogP) is -0.205. The molecular weight excluding hydrogens is 110 g/mol. The Hall–Kier alpha value is -1.15. The lowest BCUT2D eigenvalue weighted by Crippen LogP contribution is -2.12. The Morgan fingerprint density at radius 3 is 2.50 bits per heavy atom. The zero-order valence-corrected chi connectivity index (χ0v) is 4.29. The lowest BCUT2D eigenvalue weighted by Gasteiger charge is -1.90. The smallest absolute Gasteiger partial charge is 0.329 e. The van der Waals surface area contributed by atoms with Gasteiger partial charge in [0.05, 0.1) is 0 Å². The Labute approximate surface area is 45.8 Å². The summed E-state index contributed by atoms with van der Waals surface area (Å²) in [7, 11) is 0. The molecule has 1 atom stereocenters. The van der Waals surface area contributed by atoms with E-state index < -0.39 is 12.0 Å². The van der Waals surface area contributed by atoms with Gasteiger partial charge in [-0.05, 0) is 6.92 Å². The molecule has 0 heterocycles. The summed E-state index contributed by atoms with van der Waals surface area (Å²) in [6, 6.07) is -0.965. The summed E-state index contributed by atoms with van der Waals surface area (Å²) in [4.78, 5) is 22.1. The number of carboxylic acids is 1. The first kappa shape index (κ1) is 6.85. The van der Waals surface area contributed by atoms with E-state index in [9.17, 15) is 9.59 Å². The zero-order chi connectivity index (χ0) is 6.57. The van der Waals surface area contributed by atoms with Gasteiger partial charge in [0.25, 0.3) is 0 Å². The third-order valence-electron chi connectivity index (χ3n) is 0.604. The van der Waals surface area contributed by atoms with Crippen molar-refractivity contribution in [1.29, 1.82) is 0 Å². The monoisotopic (exact) mass is 115 g/mol. The SMILES string of the molecule is C[C@@H](N=C=O)C(=O)O. The van der Waals surface area contributed by atoms with E-state index in [0.717, 1.165) is 6.08 Å². The molecule has 0 aromatic carbocycles. The van der Waals surface area contributed by atoms with Gasteiger partial charge < -0.3 is 5.11 Å². The highest BCUT2D eigenvalue weighted by Gasteiger charge is 2.06. The maximum atomic E-state index is 9.82. The first-order valence-corrected chi connectivity index (χ1v) is 1.98. The molecule has 0 fully saturated rings. The summed E-state index contributed by atoms with van der Waals surface area (Å²) in [5.74, 6) is -1.12. The Bertz CT molecular complexity index is 134. The number of aliphatic carboxylic acids is 1. The summed E-state index contributed by atoms with van der Waals surface area (Å²) < 4.78 is 0. The lowest BCUT2D eigenvalue weighted by atomic mass is 10.4. The van der Waals surface area contributed by atoms with Crippen LogP contribution >= 0.6 is 0 Å². The van der Waals surface area contributed by atoms with Gasteiger partial charge in [-0.2, -0.15) is 4.99 Å². The van der Waals surface area contributed by atoms with Crippen LogP contribution in [-0.4, -0.2) is 23.2 Å². The van der Waals surface area contributed by atoms with Crippen LogP contribution in [-0.2, 0) is 9.59 Å². The molecule has 0 aromatic rings. The fourth-order valence-corrected chi connectivity index (χ4v) is 0.134. The van der Waals surface area contributed by atoms with E-state index >= 15 is 0 Å². The number of hydrogen-bond donors (Lipinski definition) is 1. The van der Waals surface area contributed by atoms with E-state index in [4.69, 9.17) is 5.11 Å². The van der Waals surface area contributed by atoms with Crippen LogP contribution < -0.4 is 0 Å². The highest BCUT2D eigenvalue weighted by molar-refractivity contribution is 5.74. The van der Waals surface area contributed by atoms with E-state index in [1.165, 1.54) is 6.92 Å². The molecule has 0 aliphatic rings. The summed E-state index contributed by atoms with van der Waals surface area (Å²) in [5, 5.41) is 8.04. The van der Waals surface area contributed by atoms with Gasteiger partial charge in [0.15, 0.2) is 6.04 Å². The average Bonchev–Trinajstić information content (AvgIpc) is 1.67. The zero-order valence-electron chi connectivity index (χ0n) is 4.29. The molecule has 0 saturated carbocycles. The second-order valence-corrected chi connectivity index (χ2v) is 1.23. The summed E-state index contributed by atoms with van der Waals surface area (Å²) in [5.41, 5.74) is 0. The van der Waals surface area contributed by atoms with Crippen molar-refractivity contribution in [2.45, 2.75) is 13.0 Å². The number of carbonyl (C=O) groups is 1. The van der Waals surface area contributed by atoms with Crippen LogP contribution in [0.4, 0.5) is 0 Å². The number of isocyanates is 1. The standard InChI is InChI=1S/C4H5NO3/c1-3(4(7)8)5-2-6/h3H,1H3,(H,7,8)/t3-/m1/s1. The van der Waals surface area contributed by atoms with Gasteiger partial charge in [0.1, 0.15) is 0 Å². The van der Waals surface area contributed by atoms with Crippen molar-refractivity contribution >= 4 is 12.0 Å². The van der Waals surface area contributed by atoms with Crippen molar-refractivity contribution < 1.29 is 14.7 Å². The third-order valence-corrected chi connectivity index (χ3v) is 0.604. The normalized spacial score (nSPS) is 11.6. The molecule has 0 bridgehead atoms. The van der Waals surface area contributed by atoms with Gasteiger partial charge >= 0.3 is 5.97 Å². The summed E-state index contributed by atoms with van der Waals surface area (Å²) >= 11 is 0. The molecule has 0 aromatic heterocycles. The third kappa shape index (κ3) is 2.10. The van der Waals surface area contributed by atoms with Crippen LogP contribution in [0.25, 0.3) is 0 Å². The lowest BCUT2D eigenvalue weighted by molar-refractivity contribution is -0.137. The maximum absolute atomic E-state index is 9.82. The minimum Gasteiger partial charge on any atom is -0.480 e. The molecule has 0 aliphatic heterocycles. The summed E-state index contributed by atoms with van der Waals surface area (Å²) in [6.45, 7) is 1.30. The number of carbonyl (C=O) groups excluding carboxylic acids is 1. The van der Waals surface area contributed by atoms with Crippen molar-refractivity contribution in [3.8, 4) is 0 Å². The molecule has 8 heavy (non-hydrogen) atoms. The topological polar surface area (TPSA) is 66.7 Å². The fourth-order valence-electron chi connectivity index (χ4n) is 0.134. The molecule has 0 amide bonds. The van der Waals surface area contributed by atoms with Crippen LogP contribution in [0.15, 0.2) is 4.99 Å². The number of hydrogen-bond acceptors (Lipinski definition) is 3. The fraction of sp³-hybridized carbons (Fsp3) is 0.500. The van der Waals surface area contributed by atoms with Gasteiger partial charge in [0, 0.05) is 0 Å². The van der Waals surface area contributed by atoms with Crippen molar-refractivity contribution in [1.82, 2.24) is 0 Å². The van der Waals surface area contributed by atoms with E-state index in [1.807, 2.05) is 0 Å². The molecule has 0 radical (unpaired) electrons. The molecule has 0 aliphatic carbocycles. The van der Waals surface area contributed by atoms with E-state index in [0.29, 0.717) is 0 Å². The number of nitrogens with zero attached hydrogens (tertiary/aromatic N) is 1. The second-order valence-electron chi connectivity index (χ2n) is 1.23. The van der Waals surface area contributed by atoms with E-state index in [1.54, 1.807) is 0 Å². The minimum atomic E-state index is -1.12. The van der Waals surface area contributed by atoms with Gasteiger partial charge in [-0.1, -0.05) is 0 Å². The van der Waals surface area contributed by atoms with Crippen LogP contribution in [0.2, 0.25) is 0 Å². The second kappa shape index (κ2) is 2.93. The Balaban J connectivity index is 3.82. The molecule has 44 valence electrons. The highest BCUT2D eigenvalue weighted by Crippen LogP contribution is 1.84. The molecule has 4 nitrogen and oxygen atoms in total. The van der Waals surface area contributed by atoms with Gasteiger partial charge in [0.2, 0.25) is 6.08 Å². The Morgan fingerprint density at radius 2 is 2.38 bits per heavy atom. The molecule has 0 saturated heterocycles. The quantitative estimate of drug-likeness (QED) is 0.400. The van der Waals surface area contributed by atoms with Crippen molar-refractivity contribution in [3.63, 3.8) is 0 Å². The molecule has 4 heteroatoms. The average molecular weight is 115 g/mol. The number of aliphatic imine (C=N–C) groups is 1. The van der Waals surface area contributed by atoms with Crippen molar-refractivity contribution in [2.75, 3.05) is 0 Å². The Kier molecular flexibility index (Phi) is 2.51. The van der Waals surface area contributed by atoms with Gasteiger partial charge in [-0.15, -0.1) is 0 Å². The van der Waals surface area contributed by atoms with Gasteiger partial charge in [-0.25, -0.2) is 9.59 Å². The Morgan fingerprint density at radius 1 is 1.88 bits per heavy atom.